The standard InChI is InChI=1S/C18H26N4O3/c19-16(23)13-22-11-8-15(9-12-22)21-17(24)7-4-10-20-18(25)14-5-2-1-3-6-14/h1-3,5-6,15H,4,7-13H2,(H2,19,23)(H,20,25)(H,21,24). The fraction of sp³-hybridized carbons (Fsp3) is 0.500. The van der Waals surface area contributed by atoms with Gasteiger partial charge in [0.05, 0.1) is 6.54 Å². The van der Waals surface area contributed by atoms with Crippen LogP contribution in [0.5, 0.6) is 0 Å². The highest BCUT2D eigenvalue weighted by atomic mass is 16.2. The molecule has 0 bridgehead atoms. The van der Waals surface area contributed by atoms with Crippen LogP contribution in [0.15, 0.2) is 30.3 Å². The molecule has 1 aliphatic rings. The molecule has 1 aliphatic heterocycles. The Balaban J connectivity index is 1.57. The first-order valence-corrected chi connectivity index (χ1v) is 8.68. The van der Waals surface area contributed by atoms with Crippen LogP contribution >= 0.6 is 0 Å². The lowest BCUT2D eigenvalue weighted by molar-refractivity contribution is -0.123. The summed E-state index contributed by atoms with van der Waals surface area (Å²) >= 11 is 0. The van der Waals surface area contributed by atoms with E-state index in [1.165, 1.54) is 0 Å². The predicted molar refractivity (Wildman–Crippen MR) is 94.8 cm³/mol. The van der Waals surface area contributed by atoms with Crippen LogP contribution < -0.4 is 16.4 Å². The number of nitrogens with one attached hydrogen (secondary N) is 2. The molecule has 1 fully saturated rings. The van der Waals surface area contributed by atoms with Gasteiger partial charge in [-0.1, -0.05) is 18.2 Å². The molecule has 0 aliphatic carbocycles. The number of piperidine rings is 1. The van der Waals surface area contributed by atoms with Crippen molar-refractivity contribution in [2.75, 3.05) is 26.2 Å². The van der Waals surface area contributed by atoms with Gasteiger partial charge in [0.2, 0.25) is 11.8 Å². The summed E-state index contributed by atoms with van der Waals surface area (Å²) in [6.07, 6.45) is 2.63. The molecule has 7 heteroatoms. The smallest absolute Gasteiger partial charge is 0.251 e. The molecule has 3 amide bonds. The van der Waals surface area contributed by atoms with Crippen molar-refractivity contribution in [3.05, 3.63) is 35.9 Å². The lowest BCUT2D eigenvalue weighted by Gasteiger charge is -2.31. The van der Waals surface area contributed by atoms with E-state index in [0.29, 0.717) is 24.9 Å². The molecule has 0 spiro atoms. The molecule has 4 N–H and O–H groups in total. The Kier molecular flexibility index (Phi) is 7.40. The molecule has 136 valence electrons. The molecule has 1 aromatic carbocycles. The molecular weight excluding hydrogens is 320 g/mol. The highest BCUT2D eigenvalue weighted by molar-refractivity contribution is 5.94. The average molecular weight is 346 g/mol. The van der Waals surface area contributed by atoms with Crippen molar-refractivity contribution < 1.29 is 14.4 Å². The third-order valence-electron chi connectivity index (χ3n) is 4.23. The summed E-state index contributed by atoms with van der Waals surface area (Å²) in [5.74, 6) is -0.440. The van der Waals surface area contributed by atoms with Crippen molar-refractivity contribution >= 4 is 17.7 Å². The molecule has 0 unspecified atom stereocenters. The van der Waals surface area contributed by atoms with Crippen molar-refractivity contribution in [2.24, 2.45) is 5.73 Å². The van der Waals surface area contributed by atoms with Crippen LogP contribution in [0, 0.1) is 0 Å². The molecule has 0 saturated carbocycles. The largest absolute Gasteiger partial charge is 0.369 e. The van der Waals surface area contributed by atoms with Crippen LogP contribution in [0.1, 0.15) is 36.0 Å². The zero-order valence-corrected chi connectivity index (χ0v) is 14.4. The van der Waals surface area contributed by atoms with Gasteiger partial charge in [-0.15, -0.1) is 0 Å². The van der Waals surface area contributed by atoms with Crippen LogP contribution in [0.2, 0.25) is 0 Å². The SMILES string of the molecule is NC(=O)CN1CCC(NC(=O)CCCNC(=O)c2ccccc2)CC1. The topological polar surface area (TPSA) is 105 Å². The third-order valence-corrected chi connectivity index (χ3v) is 4.23. The van der Waals surface area contributed by atoms with E-state index in [2.05, 4.69) is 10.6 Å². The van der Waals surface area contributed by atoms with Crippen LogP contribution in [0.3, 0.4) is 0 Å². The quantitative estimate of drug-likeness (QED) is 0.587. The minimum absolute atomic E-state index is 0.00214. The predicted octanol–water partition coefficient (Wildman–Crippen LogP) is 0.263. The Labute approximate surface area is 147 Å². The van der Waals surface area contributed by atoms with Crippen LogP contribution in [-0.2, 0) is 9.59 Å². The number of rotatable bonds is 8. The number of benzene rings is 1. The van der Waals surface area contributed by atoms with E-state index in [1.807, 2.05) is 23.1 Å². The molecule has 1 heterocycles. The maximum atomic E-state index is 12.0. The first-order valence-electron chi connectivity index (χ1n) is 8.68. The van der Waals surface area contributed by atoms with E-state index in [0.717, 1.165) is 25.9 Å². The molecule has 0 aromatic heterocycles. The van der Waals surface area contributed by atoms with Gasteiger partial charge in [-0.25, -0.2) is 0 Å². The molecule has 25 heavy (non-hydrogen) atoms. The first-order chi connectivity index (χ1) is 12.0. The van der Waals surface area contributed by atoms with Gasteiger partial charge >= 0.3 is 0 Å². The van der Waals surface area contributed by atoms with Crippen LogP contribution in [-0.4, -0.2) is 54.8 Å². The van der Waals surface area contributed by atoms with Gasteiger partial charge in [-0.05, 0) is 31.4 Å². The molecule has 7 nitrogen and oxygen atoms in total. The van der Waals surface area contributed by atoms with E-state index >= 15 is 0 Å². The zero-order chi connectivity index (χ0) is 18.1. The second kappa shape index (κ2) is 9.78. The molecule has 1 aromatic rings. The van der Waals surface area contributed by atoms with E-state index in [9.17, 15) is 14.4 Å². The van der Waals surface area contributed by atoms with Crippen molar-refractivity contribution in [1.29, 1.82) is 0 Å². The Morgan fingerprint density at radius 3 is 2.44 bits per heavy atom. The van der Waals surface area contributed by atoms with Crippen LogP contribution in [0.4, 0.5) is 0 Å². The van der Waals surface area contributed by atoms with Crippen molar-refractivity contribution in [2.45, 2.75) is 31.7 Å². The number of primary amides is 1. The van der Waals surface area contributed by atoms with Crippen LogP contribution in [0.25, 0.3) is 0 Å². The highest BCUT2D eigenvalue weighted by Crippen LogP contribution is 2.10. The third kappa shape index (κ3) is 6.93. The number of likely N-dealkylation sites (tertiary alicyclic amines) is 1. The minimum Gasteiger partial charge on any atom is -0.369 e. The summed E-state index contributed by atoms with van der Waals surface area (Å²) in [5.41, 5.74) is 5.80. The summed E-state index contributed by atoms with van der Waals surface area (Å²) in [4.78, 5) is 36.7. The van der Waals surface area contributed by atoms with Gasteiger partial charge in [-0.2, -0.15) is 0 Å². The van der Waals surface area contributed by atoms with Gasteiger partial charge in [0.15, 0.2) is 0 Å². The number of carbonyl (C=O) groups is 3. The van der Waals surface area contributed by atoms with Gasteiger partial charge in [0.25, 0.3) is 5.91 Å². The van der Waals surface area contributed by atoms with Crippen molar-refractivity contribution in [1.82, 2.24) is 15.5 Å². The van der Waals surface area contributed by atoms with Gasteiger partial charge in [0, 0.05) is 37.7 Å². The average Bonchev–Trinajstić information content (AvgIpc) is 2.60. The molecule has 0 radical (unpaired) electrons. The molecule has 0 atom stereocenters. The minimum atomic E-state index is -0.319. The fourth-order valence-electron chi connectivity index (χ4n) is 2.90. The lowest BCUT2D eigenvalue weighted by atomic mass is 10.0. The number of hydrogen-bond acceptors (Lipinski definition) is 4. The molecule has 2 rings (SSSR count). The fourth-order valence-corrected chi connectivity index (χ4v) is 2.90. The first kappa shape index (κ1) is 18.9. The highest BCUT2D eigenvalue weighted by Gasteiger charge is 2.21. The second-order valence-electron chi connectivity index (χ2n) is 6.31. The number of nitrogens with zero attached hydrogens (tertiary/aromatic N) is 1. The van der Waals surface area contributed by atoms with Crippen molar-refractivity contribution in [3.8, 4) is 0 Å². The number of hydrogen-bond donors (Lipinski definition) is 3. The summed E-state index contributed by atoms with van der Waals surface area (Å²) < 4.78 is 0. The Morgan fingerprint density at radius 1 is 1.12 bits per heavy atom. The van der Waals surface area contributed by atoms with Gasteiger partial charge in [-0.3, -0.25) is 19.3 Å². The lowest BCUT2D eigenvalue weighted by Crippen LogP contribution is -2.46. The number of nitrogens with two attached hydrogens (primary N) is 1. The Bertz CT molecular complexity index is 583. The maximum Gasteiger partial charge on any atom is 0.251 e. The molecular formula is C18H26N4O3. The van der Waals surface area contributed by atoms with Gasteiger partial charge in [0.1, 0.15) is 0 Å². The number of carbonyl (C=O) groups excluding carboxylic acids is 3. The second-order valence-corrected chi connectivity index (χ2v) is 6.31. The Morgan fingerprint density at radius 2 is 1.80 bits per heavy atom. The molecule has 1 saturated heterocycles. The van der Waals surface area contributed by atoms with Gasteiger partial charge < -0.3 is 16.4 Å². The summed E-state index contributed by atoms with van der Waals surface area (Å²) in [5, 5.41) is 5.83. The van der Waals surface area contributed by atoms with E-state index in [-0.39, 0.29) is 30.3 Å². The Hall–Kier alpha value is -2.41. The summed E-state index contributed by atoms with van der Waals surface area (Å²) in [6, 6.07) is 9.16. The van der Waals surface area contributed by atoms with E-state index < -0.39 is 0 Å². The monoisotopic (exact) mass is 346 g/mol. The number of amides is 3. The van der Waals surface area contributed by atoms with E-state index in [1.54, 1.807) is 12.1 Å². The summed E-state index contributed by atoms with van der Waals surface area (Å²) in [7, 11) is 0. The maximum absolute atomic E-state index is 12.0. The normalized spacial score (nSPS) is 15.5. The zero-order valence-electron chi connectivity index (χ0n) is 14.4. The van der Waals surface area contributed by atoms with E-state index in [4.69, 9.17) is 5.73 Å². The summed E-state index contributed by atoms with van der Waals surface area (Å²) in [6.45, 7) is 2.28. The van der Waals surface area contributed by atoms with Crippen molar-refractivity contribution in [3.63, 3.8) is 0 Å².